The Labute approximate surface area is 163 Å². The van der Waals surface area contributed by atoms with Crippen molar-refractivity contribution >= 4 is 5.91 Å². The largest absolute Gasteiger partial charge is 0.372 e. The molecule has 27 heavy (non-hydrogen) atoms. The zero-order valence-corrected chi connectivity index (χ0v) is 17.1. The highest BCUT2D eigenvalue weighted by molar-refractivity contribution is 5.77. The molecule has 0 aromatic heterocycles. The average molecular weight is 384 g/mol. The van der Waals surface area contributed by atoms with Crippen LogP contribution in [0.4, 0.5) is 4.39 Å². The van der Waals surface area contributed by atoms with Crippen molar-refractivity contribution in [1.82, 2.24) is 15.8 Å². The third-order valence-corrected chi connectivity index (χ3v) is 6.43. The van der Waals surface area contributed by atoms with Crippen LogP contribution < -0.4 is 10.9 Å². The molecule has 0 radical (unpaired) electrons. The van der Waals surface area contributed by atoms with Gasteiger partial charge in [0, 0.05) is 25.0 Å². The van der Waals surface area contributed by atoms with Gasteiger partial charge in [0.1, 0.15) is 6.17 Å². The number of halogens is 1. The highest BCUT2D eigenvalue weighted by atomic mass is 19.1. The molecule has 1 amide bonds. The molecule has 2 aliphatic heterocycles. The molecule has 4 atom stereocenters. The normalized spacial score (nSPS) is 33.9. The summed E-state index contributed by atoms with van der Waals surface area (Å²) in [4.78, 5) is 14.4. The summed E-state index contributed by atoms with van der Waals surface area (Å²) in [5, 5.41) is 0. The lowest BCUT2D eigenvalue weighted by Crippen LogP contribution is -2.49. The Bertz CT molecular complexity index is 468. The van der Waals surface area contributed by atoms with Crippen molar-refractivity contribution in [3.63, 3.8) is 0 Å². The topological polar surface area (TPSA) is 53.6 Å². The quantitative estimate of drug-likeness (QED) is 0.765. The number of nitrogens with one attached hydrogen (secondary N) is 2. The zero-order chi connectivity index (χ0) is 19.2. The maximum atomic E-state index is 14.4. The van der Waals surface area contributed by atoms with Crippen LogP contribution in [0.2, 0.25) is 0 Å². The van der Waals surface area contributed by atoms with Crippen molar-refractivity contribution in [3.05, 3.63) is 0 Å². The highest BCUT2D eigenvalue weighted by Gasteiger charge is 2.35. The summed E-state index contributed by atoms with van der Waals surface area (Å²) < 4.78 is 20.0. The van der Waals surface area contributed by atoms with Crippen molar-refractivity contribution in [1.29, 1.82) is 0 Å². The van der Waals surface area contributed by atoms with E-state index in [-0.39, 0.29) is 30.7 Å². The molecular weight excluding hydrogens is 345 g/mol. The van der Waals surface area contributed by atoms with Crippen molar-refractivity contribution in [2.24, 2.45) is 5.92 Å². The second-order valence-electron chi connectivity index (χ2n) is 9.00. The van der Waals surface area contributed by atoms with Gasteiger partial charge in [-0.2, -0.15) is 0 Å². The first kappa shape index (κ1) is 21.0. The number of likely N-dealkylation sites (tertiary alicyclic amines) is 1. The van der Waals surface area contributed by atoms with Crippen LogP contribution in [0, 0.1) is 5.92 Å². The summed E-state index contributed by atoms with van der Waals surface area (Å²) in [6, 6.07) is 0.635. The number of hydrogen-bond donors (Lipinski definition) is 2. The predicted molar refractivity (Wildman–Crippen MR) is 105 cm³/mol. The molecule has 1 saturated carbocycles. The van der Waals surface area contributed by atoms with Crippen LogP contribution in [-0.4, -0.2) is 54.4 Å². The smallest absolute Gasteiger partial charge is 0.224 e. The van der Waals surface area contributed by atoms with Gasteiger partial charge in [0.05, 0.1) is 18.8 Å². The fourth-order valence-electron chi connectivity index (χ4n) is 4.94. The number of ether oxygens (including phenoxy) is 1. The minimum atomic E-state index is -1.08. The standard InChI is InChI=1S/C21H38FN3O2/c1-15(2)27-20-10-11-25(14-18(20)22)21(26)13-17-12-19(24-23-17)16-8-6-4-3-5-7-9-16/h15-20,23-24H,3-14H2,1-2H3/t17?,18-,19?,20+/m1/s1. The van der Waals surface area contributed by atoms with Gasteiger partial charge >= 0.3 is 0 Å². The van der Waals surface area contributed by atoms with Crippen LogP contribution >= 0.6 is 0 Å². The van der Waals surface area contributed by atoms with E-state index < -0.39 is 6.17 Å². The van der Waals surface area contributed by atoms with Crippen LogP contribution in [-0.2, 0) is 9.53 Å². The molecule has 5 nitrogen and oxygen atoms in total. The van der Waals surface area contributed by atoms with Crippen LogP contribution in [0.3, 0.4) is 0 Å². The second kappa shape index (κ2) is 10.2. The molecule has 3 fully saturated rings. The van der Waals surface area contributed by atoms with E-state index in [1.807, 2.05) is 13.8 Å². The Kier molecular flexibility index (Phi) is 7.91. The molecule has 2 heterocycles. The van der Waals surface area contributed by atoms with Gasteiger partial charge in [0.2, 0.25) is 5.91 Å². The van der Waals surface area contributed by atoms with E-state index in [0.29, 0.717) is 25.4 Å². The molecule has 0 bridgehead atoms. The van der Waals surface area contributed by atoms with Gasteiger partial charge in [-0.1, -0.05) is 32.1 Å². The van der Waals surface area contributed by atoms with E-state index in [0.717, 1.165) is 12.3 Å². The number of hydrazine groups is 1. The summed E-state index contributed by atoms with van der Waals surface area (Å²) in [6.45, 7) is 4.62. The molecule has 156 valence electrons. The number of carbonyl (C=O) groups excluding carboxylic acids is 1. The van der Waals surface area contributed by atoms with E-state index in [1.54, 1.807) is 4.90 Å². The molecule has 0 spiro atoms. The van der Waals surface area contributed by atoms with E-state index in [9.17, 15) is 9.18 Å². The van der Waals surface area contributed by atoms with Gasteiger partial charge in [-0.15, -0.1) is 0 Å². The number of carbonyl (C=O) groups is 1. The van der Waals surface area contributed by atoms with Gasteiger partial charge in [-0.3, -0.25) is 15.6 Å². The molecular formula is C21H38FN3O2. The van der Waals surface area contributed by atoms with Gasteiger partial charge in [-0.25, -0.2) is 4.39 Å². The number of amides is 1. The minimum Gasteiger partial charge on any atom is -0.372 e. The Balaban J connectivity index is 1.42. The van der Waals surface area contributed by atoms with Crippen LogP contribution in [0.1, 0.15) is 78.1 Å². The van der Waals surface area contributed by atoms with Crippen LogP contribution in [0.15, 0.2) is 0 Å². The van der Waals surface area contributed by atoms with Crippen LogP contribution in [0.5, 0.6) is 0 Å². The first-order chi connectivity index (χ1) is 13.0. The second-order valence-corrected chi connectivity index (χ2v) is 9.00. The summed E-state index contributed by atoms with van der Waals surface area (Å²) >= 11 is 0. The van der Waals surface area contributed by atoms with Gasteiger partial charge < -0.3 is 9.64 Å². The fraction of sp³-hybridized carbons (Fsp3) is 0.952. The fourth-order valence-corrected chi connectivity index (χ4v) is 4.94. The SMILES string of the molecule is CC(C)O[C@H]1CCN(C(=O)CC2CC(C3CCCCCCC3)NN2)C[C@H]1F. The van der Waals surface area contributed by atoms with E-state index in [1.165, 1.54) is 44.9 Å². The Morgan fingerprint density at radius 1 is 1.11 bits per heavy atom. The van der Waals surface area contributed by atoms with E-state index >= 15 is 0 Å². The number of rotatable bonds is 5. The summed E-state index contributed by atoms with van der Waals surface area (Å²) in [5.41, 5.74) is 6.80. The van der Waals surface area contributed by atoms with Gasteiger partial charge in [0.25, 0.3) is 0 Å². The molecule has 3 aliphatic rings. The van der Waals surface area contributed by atoms with Gasteiger partial charge in [0.15, 0.2) is 0 Å². The summed E-state index contributed by atoms with van der Waals surface area (Å²) in [7, 11) is 0. The molecule has 2 unspecified atom stereocenters. The van der Waals surface area contributed by atoms with Crippen molar-refractivity contribution in [2.75, 3.05) is 13.1 Å². The molecule has 0 aromatic carbocycles. The van der Waals surface area contributed by atoms with E-state index in [4.69, 9.17) is 4.74 Å². The molecule has 1 aliphatic carbocycles. The molecule has 6 heteroatoms. The Morgan fingerprint density at radius 3 is 2.48 bits per heavy atom. The van der Waals surface area contributed by atoms with Crippen molar-refractivity contribution in [3.8, 4) is 0 Å². The maximum Gasteiger partial charge on any atom is 0.224 e. The monoisotopic (exact) mass is 383 g/mol. The zero-order valence-electron chi connectivity index (χ0n) is 17.1. The molecule has 0 aromatic rings. The summed E-state index contributed by atoms with van der Waals surface area (Å²) in [6.07, 6.45) is 9.98. The van der Waals surface area contributed by atoms with E-state index in [2.05, 4.69) is 10.9 Å². The summed E-state index contributed by atoms with van der Waals surface area (Å²) in [5.74, 6) is 0.787. The number of alkyl halides is 1. The van der Waals surface area contributed by atoms with Gasteiger partial charge in [-0.05, 0) is 45.4 Å². The van der Waals surface area contributed by atoms with Crippen molar-refractivity contribution < 1.29 is 13.9 Å². The first-order valence-corrected chi connectivity index (χ1v) is 11.1. The minimum absolute atomic E-state index is 0.0227. The third-order valence-electron chi connectivity index (χ3n) is 6.43. The lowest BCUT2D eigenvalue weighted by Gasteiger charge is -2.35. The number of piperidine rings is 1. The predicted octanol–water partition coefficient (Wildman–Crippen LogP) is 3.34. The Morgan fingerprint density at radius 2 is 1.81 bits per heavy atom. The highest BCUT2D eigenvalue weighted by Crippen LogP contribution is 2.29. The molecule has 3 rings (SSSR count). The lowest BCUT2D eigenvalue weighted by molar-refractivity contribution is -0.138. The first-order valence-electron chi connectivity index (χ1n) is 11.1. The average Bonchev–Trinajstić information content (AvgIpc) is 3.04. The molecule has 2 saturated heterocycles. The number of hydrogen-bond acceptors (Lipinski definition) is 4. The third kappa shape index (κ3) is 6.13. The van der Waals surface area contributed by atoms with Crippen LogP contribution in [0.25, 0.3) is 0 Å². The number of nitrogens with zero attached hydrogens (tertiary/aromatic N) is 1. The maximum absolute atomic E-state index is 14.4. The lowest BCUT2D eigenvalue weighted by atomic mass is 9.84. The molecule has 2 N–H and O–H groups in total. The Hall–Kier alpha value is -0.720. The van der Waals surface area contributed by atoms with Crippen molar-refractivity contribution in [2.45, 2.75) is 109 Å².